The maximum absolute atomic E-state index is 4.34. The molecular weight excluding hydrogens is 202 g/mol. The zero-order valence-corrected chi connectivity index (χ0v) is 9.07. The van der Waals surface area contributed by atoms with E-state index in [9.17, 15) is 0 Å². The Kier molecular flexibility index (Phi) is 2.02. The number of guanidine groups is 1. The summed E-state index contributed by atoms with van der Waals surface area (Å²) in [5, 5.41) is 3.16. The van der Waals surface area contributed by atoms with Crippen molar-refractivity contribution in [3.63, 3.8) is 0 Å². The van der Waals surface area contributed by atoms with Gasteiger partial charge in [-0.15, -0.1) is 0 Å². The molecule has 5 heteroatoms. The summed E-state index contributed by atoms with van der Waals surface area (Å²) in [6, 6.07) is 6.20. The molecule has 0 saturated heterocycles. The number of aromatic nitrogens is 2. The van der Waals surface area contributed by atoms with Crippen LogP contribution in [0.4, 0.5) is 0 Å². The highest BCUT2D eigenvalue weighted by atomic mass is 15.5. The first-order valence-electron chi connectivity index (χ1n) is 5.32. The number of nitrogens with zero attached hydrogens (tertiary/aromatic N) is 3. The average molecular weight is 215 g/mol. The molecule has 82 valence electrons. The minimum atomic E-state index is 0.805. The maximum atomic E-state index is 4.34. The molecule has 2 aromatic rings. The van der Waals surface area contributed by atoms with Crippen LogP contribution in [0.1, 0.15) is 5.56 Å². The van der Waals surface area contributed by atoms with Crippen molar-refractivity contribution in [3.8, 4) is 0 Å². The van der Waals surface area contributed by atoms with Gasteiger partial charge in [0.2, 0.25) is 5.96 Å². The van der Waals surface area contributed by atoms with Crippen LogP contribution >= 0.6 is 0 Å². The van der Waals surface area contributed by atoms with Crippen LogP contribution < -0.4 is 10.7 Å². The Balaban J connectivity index is 1.97. The second-order valence-electron chi connectivity index (χ2n) is 3.88. The first-order chi connectivity index (χ1) is 7.83. The molecule has 0 amide bonds. The summed E-state index contributed by atoms with van der Waals surface area (Å²) in [5.41, 5.74) is 6.44. The van der Waals surface area contributed by atoms with Crippen molar-refractivity contribution in [2.24, 2.45) is 4.99 Å². The molecule has 0 saturated carbocycles. The maximum Gasteiger partial charge on any atom is 0.211 e. The molecule has 5 nitrogen and oxygen atoms in total. The van der Waals surface area contributed by atoms with Gasteiger partial charge >= 0.3 is 0 Å². The van der Waals surface area contributed by atoms with E-state index in [0.29, 0.717) is 0 Å². The molecule has 2 heterocycles. The molecule has 1 aliphatic rings. The van der Waals surface area contributed by atoms with E-state index in [1.54, 1.807) is 6.33 Å². The van der Waals surface area contributed by atoms with Crippen LogP contribution in [0.2, 0.25) is 0 Å². The SMILES string of the molecule is Cc1ccc2c(c1)ncn2NC1=NCCN1. The predicted octanol–water partition coefficient (Wildman–Crippen LogP) is 0.847. The van der Waals surface area contributed by atoms with Gasteiger partial charge in [-0.05, 0) is 24.6 Å². The molecule has 0 radical (unpaired) electrons. The molecule has 3 rings (SSSR count). The highest BCUT2D eigenvalue weighted by molar-refractivity contribution is 5.90. The Morgan fingerprint density at radius 1 is 1.44 bits per heavy atom. The zero-order chi connectivity index (χ0) is 11.0. The third-order valence-electron chi connectivity index (χ3n) is 2.60. The van der Waals surface area contributed by atoms with Gasteiger partial charge in [-0.2, -0.15) is 0 Å². The minimum absolute atomic E-state index is 0.805. The standard InChI is InChI=1S/C11H13N5/c1-8-2-3-10-9(6-8)14-7-16(10)15-11-12-4-5-13-11/h2-3,6-7H,4-5H2,1H3,(H2,12,13,15). The van der Waals surface area contributed by atoms with E-state index in [-0.39, 0.29) is 0 Å². The molecule has 1 aliphatic heterocycles. The minimum Gasteiger partial charge on any atom is -0.353 e. The molecule has 0 aliphatic carbocycles. The topological polar surface area (TPSA) is 54.2 Å². The Hall–Kier alpha value is -2.04. The quantitative estimate of drug-likeness (QED) is 0.741. The number of hydrogen-bond donors (Lipinski definition) is 2. The lowest BCUT2D eigenvalue weighted by molar-refractivity contribution is 0.937. The lowest BCUT2D eigenvalue weighted by atomic mass is 10.2. The van der Waals surface area contributed by atoms with Crippen LogP contribution in [-0.2, 0) is 0 Å². The number of hydrogen-bond acceptors (Lipinski definition) is 4. The summed E-state index contributed by atoms with van der Waals surface area (Å²) >= 11 is 0. The number of fused-ring (bicyclic) bond motifs is 1. The Morgan fingerprint density at radius 3 is 3.19 bits per heavy atom. The molecule has 0 bridgehead atoms. The van der Waals surface area contributed by atoms with Crippen molar-refractivity contribution >= 4 is 17.0 Å². The van der Waals surface area contributed by atoms with Gasteiger partial charge in [0, 0.05) is 6.54 Å². The molecule has 1 aromatic carbocycles. The second-order valence-corrected chi connectivity index (χ2v) is 3.88. The molecule has 0 atom stereocenters. The molecule has 0 fully saturated rings. The van der Waals surface area contributed by atoms with E-state index < -0.39 is 0 Å². The van der Waals surface area contributed by atoms with E-state index in [4.69, 9.17) is 0 Å². The van der Waals surface area contributed by atoms with Gasteiger partial charge in [-0.3, -0.25) is 10.4 Å². The van der Waals surface area contributed by atoms with Gasteiger partial charge < -0.3 is 5.32 Å². The predicted molar refractivity (Wildman–Crippen MR) is 64.1 cm³/mol. The summed E-state index contributed by atoms with van der Waals surface area (Å²) in [6.07, 6.45) is 1.77. The monoisotopic (exact) mass is 215 g/mol. The Bertz CT molecular complexity index is 555. The zero-order valence-electron chi connectivity index (χ0n) is 9.07. The van der Waals surface area contributed by atoms with Gasteiger partial charge in [-0.25, -0.2) is 9.66 Å². The summed E-state index contributed by atoms with van der Waals surface area (Å²) in [4.78, 5) is 8.62. The largest absolute Gasteiger partial charge is 0.353 e. The number of imidazole rings is 1. The smallest absolute Gasteiger partial charge is 0.211 e. The molecule has 2 N–H and O–H groups in total. The number of benzene rings is 1. The molecule has 0 unspecified atom stereocenters. The van der Waals surface area contributed by atoms with Gasteiger partial charge in [0.1, 0.15) is 6.33 Å². The third kappa shape index (κ3) is 1.50. The van der Waals surface area contributed by atoms with Crippen molar-refractivity contribution in [3.05, 3.63) is 30.1 Å². The van der Waals surface area contributed by atoms with Crippen molar-refractivity contribution in [1.82, 2.24) is 15.0 Å². The highest BCUT2D eigenvalue weighted by Crippen LogP contribution is 2.13. The van der Waals surface area contributed by atoms with E-state index in [0.717, 1.165) is 30.1 Å². The van der Waals surface area contributed by atoms with Crippen LogP contribution in [0.3, 0.4) is 0 Å². The molecule has 0 spiro atoms. The molecule has 1 aromatic heterocycles. The van der Waals surface area contributed by atoms with Crippen molar-refractivity contribution < 1.29 is 0 Å². The van der Waals surface area contributed by atoms with Crippen LogP contribution in [-0.4, -0.2) is 28.7 Å². The fourth-order valence-corrected chi connectivity index (χ4v) is 1.80. The van der Waals surface area contributed by atoms with E-state index in [1.807, 2.05) is 4.68 Å². The normalized spacial score (nSPS) is 14.9. The summed E-state index contributed by atoms with van der Waals surface area (Å²) in [6.45, 7) is 3.79. The Labute approximate surface area is 93.2 Å². The molecular formula is C11H13N5. The van der Waals surface area contributed by atoms with Crippen molar-refractivity contribution in [2.75, 3.05) is 18.5 Å². The fraction of sp³-hybridized carbons (Fsp3) is 0.273. The van der Waals surface area contributed by atoms with Gasteiger partial charge in [0.15, 0.2) is 0 Å². The summed E-state index contributed by atoms with van der Waals surface area (Å²) in [7, 11) is 0. The fourth-order valence-electron chi connectivity index (χ4n) is 1.80. The van der Waals surface area contributed by atoms with Crippen LogP contribution in [0.25, 0.3) is 11.0 Å². The number of rotatable bonds is 1. The van der Waals surface area contributed by atoms with Crippen molar-refractivity contribution in [1.29, 1.82) is 0 Å². The van der Waals surface area contributed by atoms with Gasteiger partial charge in [-0.1, -0.05) is 6.07 Å². The third-order valence-corrected chi connectivity index (χ3v) is 2.60. The average Bonchev–Trinajstić information content (AvgIpc) is 2.89. The summed E-state index contributed by atoms with van der Waals surface area (Å²) in [5.74, 6) is 0.805. The second kappa shape index (κ2) is 3.52. The highest BCUT2D eigenvalue weighted by Gasteiger charge is 2.07. The number of aliphatic imine (C=N–C) groups is 1. The first kappa shape index (κ1) is 9.21. The van der Waals surface area contributed by atoms with E-state index >= 15 is 0 Å². The van der Waals surface area contributed by atoms with Crippen molar-refractivity contribution in [2.45, 2.75) is 6.92 Å². The molecule has 16 heavy (non-hydrogen) atoms. The van der Waals surface area contributed by atoms with Crippen LogP contribution in [0, 0.1) is 6.92 Å². The number of aryl methyl sites for hydroxylation is 1. The van der Waals surface area contributed by atoms with Gasteiger partial charge in [0.25, 0.3) is 0 Å². The lowest BCUT2D eigenvalue weighted by Crippen LogP contribution is -2.31. The summed E-state index contributed by atoms with van der Waals surface area (Å²) < 4.78 is 1.88. The Morgan fingerprint density at radius 2 is 2.38 bits per heavy atom. The van der Waals surface area contributed by atoms with E-state index in [1.165, 1.54) is 5.56 Å². The number of nitrogens with one attached hydrogen (secondary N) is 2. The van der Waals surface area contributed by atoms with E-state index in [2.05, 4.69) is 45.8 Å². The lowest BCUT2D eigenvalue weighted by Gasteiger charge is -2.07. The van der Waals surface area contributed by atoms with Crippen LogP contribution in [0.15, 0.2) is 29.5 Å². The van der Waals surface area contributed by atoms with Crippen LogP contribution in [0.5, 0.6) is 0 Å². The first-order valence-corrected chi connectivity index (χ1v) is 5.32. The van der Waals surface area contributed by atoms with Gasteiger partial charge in [0.05, 0.1) is 17.6 Å².